The molecule has 2 aromatic rings. The van der Waals surface area contributed by atoms with Crippen molar-refractivity contribution in [2.75, 3.05) is 0 Å². The van der Waals surface area contributed by atoms with Gasteiger partial charge in [-0.25, -0.2) is 4.98 Å². The number of rotatable bonds is 3. The lowest BCUT2D eigenvalue weighted by atomic mass is 9.98. The number of aromatic nitrogens is 1. The first-order valence-electron chi connectivity index (χ1n) is 7.15. The monoisotopic (exact) mass is 269 g/mol. The molecule has 0 aliphatic heterocycles. The molecule has 0 saturated heterocycles. The van der Waals surface area contributed by atoms with Crippen molar-refractivity contribution in [1.82, 2.24) is 4.98 Å². The molecule has 1 heterocycles. The minimum atomic E-state index is 0.00839. The molecule has 0 bridgehead atoms. The third-order valence-electron chi connectivity index (χ3n) is 3.81. The van der Waals surface area contributed by atoms with Gasteiger partial charge in [-0.05, 0) is 37.8 Å². The van der Waals surface area contributed by atoms with Crippen molar-refractivity contribution >= 4 is 16.7 Å². The van der Waals surface area contributed by atoms with E-state index < -0.39 is 0 Å². The van der Waals surface area contributed by atoms with Crippen LogP contribution in [0.5, 0.6) is 5.88 Å². The van der Waals surface area contributed by atoms with Gasteiger partial charge in [-0.15, -0.1) is 0 Å². The Bertz CT molecular complexity index is 633. The molecular weight excluding hydrogens is 250 g/mol. The van der Waals surface area contributed by atoms with Crippen LogP contribution in [-0.4, -0.2) is 16.9 Å². The van der Waals surface area contributed by atoms with Crippen LogP contribution in [0, 0.1) is 5.41 Å². The van der Waals surface area contributed by atoms with Crippen molar-refractivity contribution in [3.63, 3.8) is 0 Å². The first-order chi connectivity index (χ1) is 9.74. The van der Waals surface area contributed by atoms with E-state index in [-0.39, 0.29) is 11.9 Å². The Morgan fingerprint density at radius 2 is 1.95 bits per heavy atom. The van der Waals surface area contributed by atoms with Crippen molar-refractivity contribution in [2.24, 2.45) is 5.73 Å². The zero-order valence-corrected chi connectivity index (χ0v) is 11.4. The SMILES string of the molecule is N=C(N)c1cc2ccccc2nc1OC1CCCCC1. The Hall–Kier alpha value is -2.10. The highest BCUT2D eigenvalue weighted by Gasteiger charge is 2.18. The van der Waals surface area contributed by atoms with Crippen LogP contribution in [0.2, 0.25) is 0 Å². The summed E-state index contributed by atoms with van der Waals surface area (Å²) in [5.74, 6) is 0.511. The van der Waals surface area contributed by atoms with Crippen LogP contribution in [0.1, 0.15) is 37.7 Å². The van der Waals surface area contributed by atoms with Crippen molar-refractivity contribution < 1.29 is 4.74 Å². The molecule has 104 valence electrons. The van der Waals surface area contributed by atoms with E-state index in [0.29, 0.717) is 11.4 Å². The average molecular weight is 269 g/mol. The molecular formula is C16H19N3O. The molecule has 1 aromatic carbocycles. The Morgan fingerprint density at radius 3 is 2.70 bits per heavy atom. The number of ether oxygens (including phenoxy) is 1. The Kier molecular flexibility index (Phi) is 3.54. The summed E-state index contributed by atoms with van der Waals surface area (Å²) in [6, 6.07) is 9.72. The minimum Gasteiger partial charge on any atom is -0.474 e. The van der Waals surface area contributed by atoms with E-state index in [0.717, 1.165) is 23.7 Å². The third kappa shape index (κ3) is 2.59. The number of amidine groups is 1. The molecule has 4 heteroatoms. The molecule has 3 rings (SSSR count). The van der Waals surface area contributed by atoms with Crippen LogP contribution in [-0.2, 0) is 0 Å². The van der Waals surface area contributed by atoms with Crippen LogP contribution in [0.3, 0.4) is 0 Å². The summed E-state index contributed by atoms with van der Waals surface area (Å²) in [6.45, 7) is 0. The highest BCUT2D eigenvalue weighted by atomic mass is 16.5. The lowest BCUT2D eigenvalue weighted by Gasteiger charge is -2.23. The molecule has 0 radical (unpaired) electrons. The molecule has 0 atom stereocenters. The number of hydrogen-bond donors (Lipinski definition) is 2. The lowest BCUT2D eigenvalue weighted by Crippen LogP contribution is -2.23. The summed E-state index contributed by atoms with van der Waals surface area (Å²) < 4.78 is 6.02. The van der Waals surface area contributed by atoms with E-state index in [1.165, 1.54) is 19.3 Å². The van der Waals surface area contributed by atoms with Crippen LogP contribution >= 0.6 is 0 Å². The molecule has 3 N–H and O–H groups in total. The lowest BCUT2D eigenvalue weighted by molar-refractivity contribution is 0.149. The second-order valence-electron chi connectivity index (χ2n) is 5.33. The first-order valence-corrected chi connectivity index (χ1v) is 7.15. The summed E-state index contributed by atoms with van der Waals surface area (Å²) in [5.41, 5.74) is 7.14. The summed E-state index contributed by atoms with van der Waals surface area (Å²) in [6.07, 6.45) is 6.01. The van der Waals surface area contributed by atoms with Gasteiger partial charge in [0.2, 0.25) is 5.88 Å². The predicted molar refractivity (Wildman–Crippen MR) is 80.3 cm³/mol. The summed E-state index contributed by atoms with van der Waals surface area (Å²) in [7, 11) is 0. The number of nitrogens with one attached hydrogen (secondary N) is 1. The zero-order valence-electron chi connectivity index (χ0n) is 11.4. The van der Waals surface area contributed by atoms with Crippen LogP contribution in [0.15, 0.2) is 30.3 Å². The molecule has 0 spiro atoms. The maximum Gasteiger partial charge on any atom is 0.225 e. The van der Waals surface area contributed by atoms with Crippen LogP contribution < -0.4 is 10.5 Å². The van der Waals surface area contributed by atoms with E-state index in [9.17, 15) is 0 Å². The number of hydrogen-bond acceptors (Lipinski definition) is 3. The van der Waals surface area contributed by atoms with Gasteiger partial charge in [-0.3, -0.25) is 5.41 Å². The number of nitrogens with zero attached hydrogens (tertiary/aromatic N) is 1. The fourth-order valence-electron chi connectivity index (χ4n) is 2.72. The van der Waals surface area contributed by atoms with Crippen molar-refractivity contribution in [3.8, 4) is 5.88 Å². The second-order valence-corrected chi connectivity index (χ2v) is 5.33. The van der Waals surface area contributed by atoms with Crippen LogP contribution in [0.4, 0.5) is 0 Å². The van der Waals surface area contributed by atoms with Crippen molar-refractivity contribution in [1.29, 1.82) is 5.41 Å². The molecule has 20 heavy (non-hydrogen) atoms. The molecule has 1 aliphatic rings. The van der Waals surface area contributed by atoms with Gasteiger partial charge in [0.1, 0.15) is 11.9 Å². The van der Waals surface area contributed by atoms with Crippen molar-refractivity contribution in [3.05, 3.63) is 35.9 Å². The molecule has 0 unspecified atom stereocenters. The van der Waals surface area contributed by atoms with Gasteiger partial charge in [-0.2, -0.15) is 0 Å². The molecule has 4 nitrogen and oxygen atoms in total. The number of benzene rings is 1. The highest BCUT2D eigenvalue weighted by molar-refractivity contribution is 6.00. The average Bonchev–Trinajstić information content (AvgIpc) is 2.47. The maximum atomic E-state index is 7.73. The molecule has 1 fully saturated rings. The van der Waals surface area contributed by atoms with Gasteiger partial charge in [-0.1, -0.05) is 24.6 Å². The number of nitrogens with two attached hydrogens (primary N) is 1. The number of para-hydroxylation sites is 1. The predicted octanol–water partition coefficient (Wildman–Crippen LogP) is 3.23. The van der Waals surface area contributed by atoms with Gasteiger partial charge in [0.25, 0.3) is 0 Å². The largest absolute Gasteiger partial charge is 0.474 e. The van der Waals surface area contributed by atoms with Gasteiger partial charge in [0, 0.05) is 5.39 Å². The third-order valence-corrected chi connectivity index (χ3v) is 3.81. The van der Waals surface area contributed by atoms with Gasteiger partial charge < -0.3 is 10.5 Å². The van der Waals surface area contributed by atoms with E-state index in [2.05, 4.69) is 4.98 Å². The summed E-state index contributed by atoms with van der Waals surface area (Å²) >= 11 is 0. The van der Waals surface area contributed by atoms with Gasteiger partial charge in [0.05, 0.1) is 11.1 Å². The summed E-state index contributed by atoms with van der Waals surface area (Å²) in [5, 5.41) is 8.71. The molecule has 0 amide bonds. The van der Waals surface area contributed by atoms with Gasteiger partial charge >= 0.3 is 0 Å². The van der Waals surface area contributed by atoms with E-state index in [4.69, 9.17) is 15.9 Å². The topological polar surface area (TPSA) is 72.0 Å². The molecule has 1 aromatic heterocycles. The summed E-state index contributed by atoms with van der Waals surface area (Å²) in [4.78, 5) is 4.55. The Morgan fingerprint density at radius 1 is 1.20 bits per heavy atom. The van der Waals surface area contributed by atoms with Crippen LogP contribution in [0.25, 0.3) is 10.9 Å². The highest BCUT2D eigenvalue weighted by Crippen LogP contribution is 2.27. The maximum absolute atomic E-state index is 7.73. The number of fused-ring (bicyclic) bond motifs is 1. The second kappa shape index (κ2) is 5.49. The van der Waals surface area contributed by atoms with Crippen molar-refractivity contribution in [2.45, 2.75) is 38.2 Å². The van der Waals surface area contributed by atoms with E-state index in [1.807, 2.05) is 30.3 Å². The molecule has 1 saturated carbocycles. The Labute approximate surface area is 118 Å². The quantitative estimate of drug-likeness (QED) is 0.663. The fraction of sp³-hybridized carbons (Fsp3) is 0.375. The standard InChI is InChI=1S/C16H19N3O/c17-15(18)13-10-11-6-4-5-9-14(11)19-16(13)20-12-7-2-1-3-8-12/h4-6,9-10,12H,1-3,7-8H2,(H3,17,18). The number of nitrogen functional groups attached to an aromatic ring is 1. The van der Waals surface area contributed by atoms with Gasteiger partial charge in [0.15, 0.2) is 0 Å². The minimum absolute atomic E-state index is 0.00839. The normalized spacial score (nSPS) is 16.2. The smallest absolute Gasteiger partial charge is 0.225 e. The first kappa shape index (κ1) is 12.9. The van der Waals surface area contributed by atoms with E-state index >= 15 is 0 Å². The number of pyridine rings is 1. The fourth-order valence-corrected chi connectivity index (χ4v) is 2.72. The van der Waals surface area contributed by atoms with E-state index in [1.54, 1.807) is 0 Å². The Balaban J connectivity index is 1.98. The molecule has 1 aliphatic carbocycles. The zero-order chi connectivity index (χ0) is 13.9.